The number of nitrogens with zero attached hydrogens (tertiary/aromatic N) is 1. The molecule has 0 saturated heterocycles. The summed E-state index contributed by atoms with van der Waals surface area (Å²) >= 11 is 0. The minimum atomic E-state index is -0.944. The van der Waals surface area contributed by atoms with Gasteiger partial charge in [-0.05, 0) is 104 Å². The highest BCUT2D eigenvalue weighted by Gasteiger charge is 2.21. The van der Waals surface area contributed by atoms with Gasteiger partial charge < -0.3 is 28.6 Å². The normalized spacial score (nSPS) is 11.5. The lowest BCUT2D eigenvalue weighted by molar-refractivity contribution is -0.167. The Bertz CT molecular complexity index is 1060. The van der Waals surface area contributed by atoms with Crippen LogP contribution in [0.3, 0.4) is 0 Å². The second-order valence-corrected chi connectivity index (χ2v) is 19.2. The molecular weight excluding hydrogens is 835 g/mol. The highest BCUT2D eigenvalue weighted by molar-refractivity contribution is 5.72. The van der Waals surface area contributed by atoms with Gasteiger partial charge in [0.05, 0.1) is 0 Å². The molecule has 0 radical (unpaired) electrons. The zero-order chi connectivity index (χ0) is 48.7. The summed E-state index contributed by atoms with van der Waals surface area (Å²) < 4.78 is 28.4. The number of rotatable bonds is 49. The van der Waals surface area contributed by atoms with Gasteiger partial charge in [0.2, 0.25) is 0 Å². The second kappa shape index (κ2) is 47.4. The van der Waals surface area contributed by atoms with Gasteiger partial charge in [-0.15, -0.1) is 0 Å². The fourth-order valence-electron chi connectivity index (χ4n) is 8.12. The summed E-state index contributed by atoms with van der Waals surface area (Å²) in [4.78, 5) is 65.8. The molecule has 0 aliphatic carbocycles. The van der Waals surface area contributed by atoms with Crippen molar-refractivity contribution < 1.29 is 47.7 Å². The molecule has 0 N–H and O–H groups in total. The van der Waals surface area contributed by atoms with E-state index in [1.54, 1.807) is 0 Å². The molecule has 0 aromatic carbocycles. The van der Waals surface area contributed by atoms with Crippen molar-refractivity contribution in [3.8, 4) is 0 Å². The lowest BCUT2D eigenvalue weighted by atomic mass is 10.0. The van der Waals surface area contributed by atoms with Crippen LogP contribution in [-0.4, -0.2) is 86.9 Å². The standard InChI is InChI=1S/C55H103NO10/c1-7-11-15-19-23-27-36-48(37-28-24-20-16-12-8-2)64-53(59)42-33-31-40-51(57)62-46-50(66-55(61)44-35-45-56(5)6)47-63-52(58)41-32-34-43-54(60)65-49(38-29-25-21-17-13-9-3)39-30-26-22-18-14-10-4/h48-50H,7-47H2,1-6H3. The van der Waals surface area contributed by atoms with E-state index in [0.717, 1.165) is 51.4 Å². The van der Waals surface area contributed by atoms with Gasteiger partial charge in [-0.3, -0.25) is 24.0 Å². The SMILES string of the molecule is CCCCCCCCC(CCCCCCCC)OC(=O)CCCCC(=O)OCC(COC(=O)CCCCC(=O)OC(CCCCCCCC)CCCCCCCC)OC(=O)CCCN(C)C. The predicted molar refractivity (Wildman–Crippen MR) is 268 cm³/mol. The van der Waals surface area contributed by atoms with Crippen molar-refractivity contribution in [2.75, 3.05) is 33.9 Å². The molecule has 0 aliphatic heterocycles. The molecule has 11 heteroatoms. The van der Waals surface area contributed by atoms with Crippen molar-refractivity contribution in [2.45, 2.75) is 290 Å². The molecule has 0 heterocycles. The molecule has 0 aromatic heterocycles. The van der Waals surface area contributed by atoms with Crippen molar-refractivity contribution in [1.82, 2.24) is 4.90 Å². The van der Waals surface area contributed by atoms with Gasteiger partial charge in [0, 0.05) is 32.1 Å². The van der Waals surface area contributed by atoms with Gasteiger partial charge in [-0.1, -0.05) is 156 Å². The third-order valence-electron chi connectivity index (χ3n) is 12.3. The molecule has 0 atom stereocenters. The molecule has 0 fully saturated rings. The summed E-state index contributed by atoms with van der Waals surface area (Å²) in [6, 6.07) is 0. The van der Waals surface area contributed by atoms with E-state index in [2.05, 4.69) is 27.7 Å². The highest BCUT2D eigenvalue weighted by Crippen LogP contribution is 2.20. The summed E-state index contributed by atoms with van der Waals surface area (Å²) in [6.07, 6.45) is 35.0. The number of hydrogen-bond donors (Lipinski definition) is 0. The zero-order valence-electron chi connectivity index (χ0n) is 43.8. The van der Waals surface area contributed by atoms with Crippen molar-refractivity contribution in [1.29, 1.82) is 0 Å². The van der Waals surface area contributed by atoms with Crippen LogP contribution in [0.2, 0.25) is 0 Å². The Morgan fingerprint density at radius 1 is 0.318 bits per heavy atom. The van der Waals surface area contributed by atoms with Crippen LogP contribution in [-0.2, 0) is 47.7 Å². The first-order valence-corrected chi connectivity index (χ1v) is 27.6. The summed E-state index contributed by atoms with van der Waals surface area (Å²) in [5.74, 6) is -1.82. The number of carbonyl (C=O) groups is 5. The third-order valence-corrected chi connectivity index (χ3v) is 12.3. The van der Waals surface area contributed by atoms with E-state index in [9.17, 15) is 24.0 Å². The Hall–Kier alpha value is -2.69. The Morgan fingerprint density at radius 2 is 0.576 bits per heavy atom. The van der Waals surface area contributed by atoms with Gasteiger partial charge >= 0.3 is 29.8 Å². The van der Waals surface area contributed by atoms with Crippen molar-refractivity contribution in [2.24, 2.45) is 0 Å². The summed E-state index contributed by atoms with van der Waals surface area (Å²) in [5, 5.41) is 0. The second-order valence-electron chi connectivity index (χ2n) is 19.2. The van der Waals surface area contributed by atoms with Gasteiger partial charge in [0.1, 0.15) is 25.4 Å². The molecule has 0 spiro atoms. The fourth-order valence-corrected chi connectivity index (χ4v) is 8.12. The Morgan fingerprint density at radius 3 is 0.879 bits per heavy atom. The maximum atomic E-state index is 12.8. The van der Waals surface area contributed by atoms with Crippen LogP contribution in [0.4, 0.5) is 0 Å². The van der Waals surface area contributed by atoms with Gasteiger partial charge in [0.25, 0.3) is 0 Å². The molecular formula is C55H103NO10. The van der Waals surface area contributed by atoms with Crippen LogP contribution >= 0.6 is 0 Å². The van der Waals surface area contributed by atoms with Crippen LogP contribution in [0, 0.1) is 0 Å². The molecule has 0 bridgehead atoms. The van der Waals surface area contributed by atoms with E-state index in [-0.39, 0.29) is 69.5 Å². The maximum absolute atomic E-state index is 12.8. The van der Waals surface area contributed by atoms with Gasteiger partial charge in [-0.2, -0.15) is 0 Å². The molecule has 0 rings (SSSR count). The molecule has 0 aromatic rings. The van der Waals surface area contributed by atoms with Crippen molar-refractivity contribution >= 4 is 29.8 Å². The first-order chi connectivity index (χ1) is 32.0. The Labute approximate surface area is 405 Å². The van der Waals surface area contributed by atoms with E-state index in [4.69, 9.17) is 23.7 Å². The predicted octanol–water partition coefficient (Wildman–Crippen LogP) is 14.3. The Kier molecular flexibility index (Phi) is 45.4. The van der Waals surface area contributed by atoms with E-state index in [0.29, 0.717) is 38.6 Å². The number of hydrogen-bond acceptors (Lipinski definition) is 11. The monoisotopic (exact) mass is 938 g/mol. The molecule has 0 aliphatic rings. The largest absolute Gasteiger partial charge is 0.462 e. The molecule has 0 unspecified atom stereocenters. The first kappa shape index (κ1) is 63.3. The summed E-state index contributed by atoms with van der Waals surface area (Å²) in [7, 11) is 3.85. The van der Waals surface area contributed by atoms with E-state index in [1.807, 2.05) is 19.0 Å². The van der Waals surface area contributed by atoms with Crippen LogP contribution in [0.25, 0.3) is 0 Å². The van der Waals surface area contributed by atoms with E-state index in [1.165, 1.54) is 128 Å². The summed E-state index contributed by atoms with van der Waals surface area (Å²) in [6.45, 7) is 9.12. The lowest BCUT2D eigenvalue weighted by Crippen LogP contribution is -2.31. The average molecular weight is 938 g/mol. The Balaban J connectivity index is 4.88. The van der Waals surface area contributed by atoms with Crippen molar-refractivity contribution in [3.63, 3.8) is 0 Å². The zero-order valence-corrected chi connectivity index (χ0v) is 43.8. The smallest absolute Gasteiger partial charge is 0.306 e. The van der Waals surface area contributed by atoms with Gasteiger partial charge in [0.15, 0.2) is 6.10 Å². The van der Waals surface area contributed by atoms with Gasteiger partial charge in [-0.25, -0.2) is 0 Å². The van der Waals surface area contributed by atoms with E-state index < -0.39 is 24.0 Å². The molecule has 388 valence electrons. The average Bonchev–Trinajstić information content (AvgIpc) is 3.29. The molecule has 0 amide bonds. The molecule has 66 heavy (non-hydrogen) atoms. The van der Waals surface area contributed by atoms with Crippen LogP contribution in [0.1, 0.15) is 272 Å². The number of ether oxygens (including phenoxy) is 5. The first-order valence-electron chi connectivity index (χ1n) is 27.6. The number of unbranched alkanes of at least 4 members (excludes halogenated alkanes) is 22. The van der Waals surface area contributed by atoms with E-state index >= 15 is 0 Å². The topological polar surface area (TPSA) is 135 Å². The minimum Gasteiger partial charge on any atom is -0.462 e. The molecule has 11 nitrogen and oxygen atoms in total. The lowest BCUT2D eigenvalue weighted by Gasteiger charge is -2.19. The van der Waals surface area contributed by atoms with Crippen LogP contribution in [0.5, 0.6) is 0 Å². The maximum Gasteiger partial charge on any atom is 0.306 e. The van der Waals surface area contributed by atoms with Crippen molar-refractivity contribution in [3.05, 3.63) is 0 Å². The summed E-state index contributed by atoms with van der Waals surface area (Å²) in [5.41, 5.74) is 0. The minimum absolute atomic E-state index is 0.0443. The third kappa shape index (κ3) is 43.9. The fraction of sp³-hybridized carbons (Fsp3) is 0.909. The van der Waals surface area contributed by atoms with Crippen LogP contribution < -0.4 is 0 Å². The molecule has 0 saturated carbocycles. The quantitative estimate of drug-likeness (QED) is 0.0328. The van der Waals surface area contributed by atoms with Crippen LogP contribution in [0.15, 0.2) is 0 Å². The number of carbonyl (C=O) groups excluding carboxylic acids is 5. The highest BCUT2D eigenvalue weighted by atomic mass is 16.6. The number of esters is 5.